The molecule has 0 unspecified atom stereocenters. The van der Waals surface area contributed by atoms with Gasteiger partial charge in [0.2, 0.25) is 15.9 Å². The first-order chi connectivity index (χ1) is 13.3. The molecular weight excluding hydrogens is 416 g/mol. The number of hydrogen-bond donors (Lipinski definition) is 0. The van der Waals surface area contributed by atoms with Crippen LogP contribution >= 0.6 is 23.4 Å². The lowest BCUT2D eigenvalue weighted by molar-refractivity contribution is -0.118. The van der Waals surface area contributed by atoms with Crippen LogP contribution in [0.15, 0.2) is 52.3 Å². The number of nitrogens with zero attached hydrogens (tertiary/aromatic N) is 2. The third kappa shape index (κ3) is 4.71. The lowest BCUT2D eigenvalue weighted by Crippen LogP contribution is -2.28. The maximum absolute atomic E-state index is 12.6. The molecular formula is C20H23ClN2O3S2. The molecule has 150 valence electrons. The first-order valence-electron chi connectivity index (χ1n) is 9.03. The summed E-state index contributed by atoms with van der Waals surface area (Å²) in [6.07, 6.45) is 1.93. The summed E-state index contributed by atoms with van der Waals surface area (Å²) in [4.78, 5) is 15.8. The molecule has 0 fully saturated rings. The van der Waals surface area contributed by atoms with Gasteiger partial charge in [-0.25, -0.2) is 12.7 Å². The van der Waals surface area contributed by atoms with Crippen LogP contribution in [0.5, 0.6) is 0 Å². The number of hydrogen-bond acceptors (Lipinski definition) is 4. The van der Waals surface area contributed by atoms with E-state index in [2.05, 4.69) is 0 Å². The van der Waals surface area contributed by atoms with Crippen LogP contribution in [-0.2, 0) is 21.2 Å². The van der Waals surface area contributed by atoms with E-state index >= 15 is 0 Å². The number of fused-ring (bicyclic) bond motifs is 1. The van der Waals surface area contributed by atoms with Gasteiger partial charge in [-0.05, 0) is 66.6 Å². The number of benzene rings is 2. The van der Waals surface area contributed by atoms with Crippen LogP contribution in [-0.4, -0.2) is 45.0 Å². The molecule has 1 heterocycles. The molecule has 2 aromatic rings. The van der Waals surface area contributed by atoms with Crippen molar-refractivity contribution in [2.24, 2.45) is 0 Å². The van der Waals surface area contributed by atoms with E-state index in [0.717, 1.165) is 28.3 Å². The molecule has 3 rings (SSSR count). The van der Waals surface area contributed by atoms with Gasteiger partial charge < -0.3 is 4.90 Å². The molecule has 2 aromatic carbocycles. The zero-order chi connectivity index (χ0) is 20.3. The van der Waals surface area contributed by atoms with Crippen LogP contribution < -0.4 is 4.90 Å². The molecule has 28 heavy (non-hydrogen) atoms. The third-order valence-corrected chi connectivity index (χ3v) is 7.80. The minimum absolute atomic E-state index is 0.0821. The summed E-state index contributed by atoms with van der Waals surface area (Å²) in [7, 11) is -0.435. The molecule has 0 radical (unpaired) electrons. The molecule has 0 spiro atoms. The molecule has 0 N–H and O–H groups in total. The standard InChI is InChI=1S/C20H23ClN2O3S2/c1-22(2)28(25,26)18-9-10-19-15(14-18)11-12-23(19)20(24)4-3-13-27-17-7-5-16(21)6-8-17/h5-10,14H,3-4,11-13H2,1-2H3. The molecule has 1 amide bonds. The zero-order valence-electron chi connectivity index (χ0n) is 15.9. The van der Waals surface area contributed by atoms with Gasteiger partial charge in [0.25, 0.3) is 0 Å². The van der Waals surface area contributed by atoms with E-state index < -0.39 is 10.0 Å². The Morgan fingerprint density at radius 1 is 1.18 bits per heavy atom. The van der Waals surface area contributed by atoms with Crippen molar-refractivity contribution in [1.82, 2.24) is 4.31 Å². The number of carbonyl (C=O) groups is 1. The Balaban J connectivity index is 1.57. The van der Waals surface area contributed by atoms with Gasteiger partial charge in [-0.1, -0.05) is 11.6 Å². The van der Waals surface area contributed by atoms with Gasteiger partial charge >= 0.3 is 0 Å². The molecule has 1 aliphatic heterocycles. The minimum atomic E-state index is -3.46. The molecule has 5 nitrogen and oxygen atoms in total. The van der Waals surface area contributed by atoms with Crippen LogP contribution in [0, 0.1) is 0 Å². The van der Waals surface area contributed by atoms with Crippen LogP contribution in [0.3, 0.4) is 0 Å². The number of rotatable bonds is 7. The molecule has 0 bridgehead atoms. The van der Waals surface area contributed by atoms with Gasteiger partial charge in [-0.3, -0.25) is 4.79 Å². The van der Waals surface area contributed by atoms with E-state index in [1.54, 1.807) is 34.9 Å². The van der Waals surface area contributed by atoms with Crippen LogP contribution in [0.1, 0.15) is 18.4 Å². The van der Waals surface area contributed by atoms with E-state index in [4.69, 9.17) is 11.6 Å². The second kappa shape index (κ2) is 8.86. The molecule has 8 heteroatoms. The molecule has 0 aliphatic carbocycles. The molecule has 0 saturated heterocycles. The van der Waals surface area contributed by atoms with Gasteiger partial charge in [0.1, 0.15) is 0 Å². The zero-order valence-corrected chi connectivity index (χ0v) is 18.3. The average molecular weight is 439 g/mol. The predicted molar refractivity (Wildman–Crippen MR) is 115 cm³/mol. The van der Waals surface area contributed by atoms with Crippen LogP contribution in [0.25, 0.3) is 0 Å². The van der Waals surface area contributed by atoms with E-state index in [-0.39, 0.29) is 10.8 Å². The summed E-state index contributed by atoms with van der Waals surface area (Å²) in [5, 5.41) is 0.716. The largest absolute Gasteiger partial charge is 0.312 e. The van der Waals surface area contributed by atoms with Crippen molar-refractivity contribution in [2.75, 3.05) is 31.3 Å². The minimum Gasteiger partial charge on any atom is -0.312 e. The summed E-state index contributed by atoms with van der Waals surface area (Å²) >= 11 is 7.59. The highest BCUT2D eigenvalue weighted by Crippen LogP contribution is 2.31. The maximum Gasteiger partial charge on any atom is 0.242 e. The monoisotopic (exact) mass is 438 g/mol. The molecule has 0 saturated carbocycles. The molecule has 0 atom stereocenters. The van der Waals surface area contributed by atoms with E-state index in [1.807, 2.05) is 24.3 Å². The maximum atomic E-state index is 12.6. The Morgan fingerprint density at radius 3 is 2.57 bits per heavy atom. The lowest BCUT2D eigenvalue weighted by atomic mass is 10.2. The van der Waals surface area contributed by atoms with Crippen molar-refractivity contribution in [3.05, 3.63) is 53.1 Å². The fraction of sp³-hybridized carbons (Fsp3) is 0.350. The molecule has 0 aromatic heterocycles. The Morgan fingerprint density at radius 2 is 1.89 bits per heavy atom. The quantitative estimate of drug-likeness (QED) is 0.483. The van der Waals surface area contributed by atoms with E-state index in [0.29, 0.717) is 24.4 Å². The van der Waals surface area contributed by atoms with Gasteiger partial charge in [0.05, 0.1) is 4.90 Å². The summed E-state index contributed by atoms with van der Waals surface area (Å²) in [5.41, 5.74) is 1.74. The summed E-state index contributed by atoms with van der Waals surface area (Å²) in [5.74, 6) is 0.937. The summed E-state index contributed by atoms with van der Waals surface area (Å²) < 4.78 is 25.8. The topological polar surface area (TPSA) is 57.7 Å². The van der Waals surface area contributed by atoms with Crippen LogP contribution in [0.4, 0.5) is 5.69 Å². The number of thioether (sulfide) groups is 1. The van der Waals surface area contributed by atoms with Crippen molar-refractivity contribution >= 4 is 45.0 Å². The van der Waals surface area contributed by atoms with Crippen molar-refractivity contribution in [3.8, 4) is 0 Å². The van der Waals surface area contributed by atoms with E-state index in [1.165, 1.54) is 18.4 Å². The van der Waals surface area contributed by atoms with Crippen molar-refractivity contribution in [1.29, 1.82) is 0 Å². The Labute approximate surface area is 175 Å². The second-order valence-electron chi connectivity index (χ2n) is 6.78. The van der Waals surface area contributed by atoms with Crippen molar-refractivity contribution in [2.45, 2.75) is 29.1 Å². The number of carbonyl (C=O) groups excluding carboxylic acids is 1. The normalized spacial score (nSPS) is 13.8. The highest BCUT2D eigenvalue weighted by Gasteiger charge is 2.27. The SMILES string of the molecule is CN(C)S(=O)(=O)c1ccc2c(c1)CCN2C(=O)CCCSc1ccc(Cl)cc1. The fourth-order valence-electron chi connectivity index (χ4n) is 3.09. The number of sulfonamides is 1. The Hall–Kier alpha value is -1.54. The van der Waals surface area contributed by atoms with Gasteiger partial charge in [0.15, 0.2) is 0 Å². The average Bonchev–Trinajstić information content (AvgIpc) is 3.09. The second-order valence-corrected chi connectivity index (χ2v) is 10.5. The smallest absolute Gasteiger partial charge is 0.242 e. The Kier molecular flexibility index (Phi) is 6.70. The number of amides is 1. The molecule has 1 aliphatic rings. The fourth-order valence-corrected chi connectivity index (χ4v) is 5.02. The first-order valence-corrected chi connectivity index (χ1v) is 11.8. The predicted octanol–water partition coefficient (Wildman–Crippen LogP) is 4.05. The van der Waals surface area contributed by atoms with Crippen molar-refractivity contribution < 1.29 is 13.2 Å². The highest BCUT2D eigenvalue weighted by molar-refractivity contribution is 7.99. The first kappa shape index (κ1) is 21.2. The summed E-state index contributed by atoms with van der Waals surface area (Å²) in [6, 6.07) is 12.7. The van der Waals surface area contributed by atoms with Crippen LogP contribution in [0.2, 0.25) is 5.02 Å². The Bertz CT molecular complexity index is 960. The van der Waals surface area contributed by atoms with Gasteiger partial charge in [0, 0.05) is 42.7 Å². The van der Waals surface area contributed by atoms with E-state index in [9.17, 15) is 13.2 Å². The van der Waals surface area contributed by atoms with Gasteiger partial charge in [-0.15, -0.1) is 11.8 Å². The third-order valence-electron chi connectivity index (χ3n) is 4.64. The van der Waals surface area contributed by atoms with Crippen molar-refractivity contribution in [3.63, 3.8) is 0 Å². The van der Waals surface area contributed by atoms with Gasteiger partial charge in [-0.2, -0.15) is 0 Å². The highest BCUT2D eigenvalue weighted by atomic mass is 35.5. The lowest BCUT2D eigenvalue weighted by Gasteiger charge is -2.18. The number of anilines is 1. The number of halogens is 1. The summed E-state index contributed by atoms with van der Waals surface area (Å²) in [6.45, 7) is 0.601.